The molecule has 3 heterocycles. The molecule has 0 saturated carbocycles. The molecular weight excluding hydrogens is 288 g/mol. The van der Waals surface area contributed by atoms with Crippen molar-refractivity contribution in [1.29, 1.82) is 0 Å². The number of ether oxygens (including phenoxy) is 1. The minimum atomic E-state index is 0.484. The van der Waals surface area contributed by atoms with E-state index < -0.39 is 0 Å². The van der Waals surface area contributed by atoms with Crippen LogP contribution in [0.5, 0.6) is 11.6 Å². The van der Waals surface area contributed by atoms with Crippen molar-refractivity contribution < 1.29 is 4.74 Å². The Morgan fingerprint density at radius 1 is 1.13 bits per heavy atom. The summed E-state index contributed by atoms with van der Waals surface area (Å²) in [7, 11) is 2.04. The number of benzene rings is 1. The van der Waals surface area contributed by atoms with Gasteiger partial charge in [-0.15, -0.1) is 0 Å². The van der Waals surface area contributed by atoms with Crippen LogP contribution in [0.2, 0.25) is 0 Å². The summed E-state index contributed by atoms with van der Waals surface area (Å²) >= 11 is 0. The molecule has 1 aliphatic heterocycles. The highest BCUT2D eigenvalue weighted by Gasteiger charge is 2.26. The topological polar surface area (TPSA) is 43.2 Å². The second kappa shape index (κ2) is 5.35. The molecule has 1 aliphatic rings. The van der Waals surface area contributed by atoms with E-state index in [4.69, 9.17) is 4.74 Å². The lowest BCUT2D eigenvalue weighted by molar-refractivity contribution is 0.225. The van der Waals surface area contributed by atoms with Crippen LogP contribution in [0.4, 0.5) is 0 Å². The number of hydrogen-bond donors (Lipinski definition) is 0. The lowest BCUT2D eigenvalue weighted by atomic mass is 10.2. The summed E-state index contributed by atoms with van der Waals surface area (Å²) in [5.74, 6) is 1.49. The summed E-state index contributed by atoms with van der Waals surface area (Å²) < 4.78 is 8.18. The minimum absolute atomic E-state index is 0.484. The fourth-order valence-electron chi connectivity index (χ4n) is 3.06. The zero-order valence-corrected chi connectivity index (χ0v) is 13.7. The monoisotopic (exact) mass is 308 g/mol. The van der Waals surface area contributed by atoms with E-state index in [9.17, 15) is 0 Å². The lowest BCUT2D eigenvalue weighted by Gasteiger charge is -2.18. The van der Waals surface area contributed by atoms with E-state index in [0.29, 0.717) is 11.9 Å². The Bertz CT molecular complexity index is 869. The van der Waals surface area contributed by atoms with Gasteiger partial charge in [0.25, 0.3) is 0 Å². The van der Waals surface area contributed by atoms with Crippen LogP contribution in [-0.4, -0.2) is 25.5 Å². The highest BCUT2D eigenvalue weighted by Crippen LogP contribution is 2.32. The van der Waals surface area contributed by atoms with Crippen LogP contribution >= 0.6 is 0 Å². The smallest absolute Gasteiger partial charge is 0.227 e. The molecule has 0 unspecified atom stereocenters. The van der Waals surface area contributed by atoms with Gasteiger partial charge in [-0.2, -0.15) is 0 Å². The fourth-order valence-corrected chi connectivity index (χ4v) is 3.06. The molecule has 0 N–H and O–H groups in total. The molecule has 4 rings (SSSR count). The number of aryl methyl sites for hydroxylation is 1. The first-order valence-corrected chi connectivity index (χ1v) is 7.91. The number of nitrogens with zero attached hydrogens (tertiary/aromatic N) is 4. The van der Waals surface area contributed by atoms with Crippen molar-refractivity contribution in [2.24, 2.45) is 7.05 Å². The zero-order chi connectivity index (χ0) is 16.0. The van der Waals surface area contributed by atoms with Crippen molar-refractivity contribution in [2.75, 3.05) is 0 Å². The summed E-state index contributed by atoms with van der Waals surface area (Å²) in [6.45, 7) is 6.10. The molecule has 0 saturated heterocycles. The van der Waals surface area contributed by atoms with E-state index in [-0.39, 0.29) is 0 Å². The third kappa shape index (κ3) is 2.47. The summed E-state index contributed by atoms with van der Waals surface area (Å²) in [4.78, 5) is 11.1. The normalized spacial score (nSPS) is 14.6. The van der Waals surface area contributed by atoms with Crippen LogP contribution in [-0.2, 0) is 20.1 Å². The molecule has 0 fully saturated rings. The Labute approximate surface area is 135 Å². The van der Waals surface area contributed by atoms with Gasteiger partial charge < -0.3 is 9.30 Å². The average Bonchev–Trinajstić information content (AvgIpc) is 3.12. The Morgan fingerprint density at radius 3 is 2.83 bits per heavy atom. The SMILES string of the molecule is CC(C)N1Cc2ncnc(Oc3ccc4c(ccn4C)c3)c2C1. The van der Waals surface area contributed by atoms with Crippen molar-refractivity contribution in [1.82, 2.24) is 19.4 Å². The van der Waals surface area contributed by atoms with Gasteiger partial charge in [-0.3, -0.25) is 4.90 Å². The first-order valence-electron chi connectivity index (χ1n) is 7.91. The van der Waals surface area contributed by atoms with Gasteiger partial charge in [-0.1, -0.05) is 0 Å². The molecule has 1 aromatic carbocycles. The molecule has 2 aromatic heterocycles. The van der Waals surface area contributed by atoms with Gasteiger partial charge in [0.1, 0.15) is 12.1 Å². The molecule has 23 heavy (non-hydrogen) atoms. The standard InChI is InChI=1S/C18H20N4O/c1-12(2)22-9-15-16(10-22)19-11-20-18(15)23-14-4-5-17-13(8-14)6-7-21(17)3/h4-8,11-12H,9-10H2,1-3H3. The molecule has 0 atom stereocenters. The predicted octanol–water partition coefficient (Wildman–Crippen LogP) is 3.48. The van der Waals surface area contributed by atoms with Gasteiger partial charge in [-0.25, -0.2) is 9.97 Å². The van der Waals surface area contributed by atoms with Crippen molar-refractivity contribution in [3.05, 3.63) is 48.0 Å². The maximum absolute atomic E-state index is 6.08. The molecule has 5 nitrogen and oxygen atoms in total. The van der Waals surface area contributed by atoms with Crippen LogP contribution in [0.15, 0.2) is 36.8 Å². The largest absolute Gasteiger partial charge is 0.439 e. The first kappa shape index (κ1) is 14.2. The van der Waals surface area contributed by atoms with Gasteiger partial charge in [-0.05, 0) is 38.1 Å². The van der Waals surface area contributed by atoms with Crippen LogP contribution in [0.25, 0.3) is 10.9 Å². The molecule has 3 aromatic rings. The summed E-state index contributed by atoms with van der Waals surface area (Å²) in [5.41, 5.74) is 3.37. The summed E-state index contributed by atoms with van der Waals surface area (Å²) in [6, 6.07) is 8.70. The van der Waals surface area contributed by atoms with Crippen LogP contribution in [0.1, 0.15) is 25.1 Å². The Morgan fingerprint density at radius 2 is 2.00 bits per heavy atom. The maximum Gasteiger partial charge on any atom is 0.227 e. The molecule has 5 heteroatoms. The van der Waals surface area contributed by atoms with Crippen molar-refractivity contribution in [2.45, 2.75) is 33.0 Å². The highest BCUT2D eigenvalue weighted by atomic mass is 16.5. The van der Waals surface area contributed by atoms with Gasteiger partial charge in [0.2, 0.25) is 5.88 Å². The quantitative estimate of drug-likeness (QED) is 0.743. The van der Waals surface area contributed by atoms with E-state index in [1.807, 2.05) is 13.1 Å². The van der Waals surface area contributed by atoms with Gasteiger partial charge in [0.15, 0.2) is 0 Å². The number of hydrogen-bond acceptors (Lipinski definition) is 4. The number of rotatable bonds is 3. The van der Waals surface area contributed by atoms with E-state index in [1.54, 1.807) is 6.33 Å². The van der Waals surface area contributed by atoms with E-state index >= 15 is 0 Å². The summed E-state index contributed by atoms with van der Waals surface area (Å²) in [6.07, 6.45) is 3.65. The molecular formula is C18H20N4O. The van der Waals surface area contributed by atoms with Crippen LogP contribution < -0.4 is 4.74 Å². The third-order valence-corrected chi connectivity index (χ3v) is 4.51. The Balaban J connectivity index is 1.66. The van der Waals surface area contributed by atoms with Gasteiger partial charge >= 0.3 is 0 Å². The number of fused-ring (bicyclic) bond motifs is 2. The van der Waals surface area contributed by atoms with Gasteiger partial charge in [0.05, 0.1) is 11.3 Å². The second-order valence-corrected chi connectivity index (χ2v) is 6.35. The van der Waals surface area contributed by atoms with E-state index in [2.05, 4.69) is 57.7 Å². The Hall–Kier alpha value is -2.40. The third-order valence-electron chi connectivity index (χ3n) is 4.51. The van der Waals surface area contributed by atoms with Crippen LogP contribution in [0.3, 0.4) is 0 Å². The van der Waals surface area contributed by atoms with Crippen LogP contribution in [0, 0.1) is 0 Å². The Kier molecular flexibility index (Phi) is 3.31. The van der Waals surface area contributed by atoms with E-state index in [0.717, 1.165) is 30.1 Å². The molecule has 0 bridgehead atoms. The van der Waals surface area contributed by atoms with Crippen molar-refractivity contribution >= 4 is 10.9 Å². The molecule has 0 radical (unpaired) electrons. The molecule has 0 amide bonds. The zero-order valence-electron chi connectivity index (χ0n) is 13.7. The summed E-state index contributed by atoms with van der Waals surface area (Å²) in [5, 5.41) is 1.17. The first-order chi connectivity index (χ1) is 11.1. The highest BCUT2D eigenvalue weighted by molar-refractivity contribution is 5.81. The lowest BCUT2D eigenvalue weighted by Crippen LogP contribution is -2.24. The average molecular weight is 308 g/mol. The minimum Gasteiger partial charge on any atom is -0.439 e. The van der Waals surface area contributed by atoms with Gasteiger partial charge in [0, 0.05) is 43.3 Å². The van der Waals surface area contributed by atoms with Crippen molar-refractivity contribution in [3.8, 4) is 11.6 Å². The van der Waals surface area contributed by atoms with E-state index in [1.165, 1.54) is 10.9 Å². The molecule has 0 aliphatic carbocycles. The van der Waals surface area contributed by atoms with Crippen molar-refractivity contribution in [3.63, 3.8) is 0 Å². The predicted molar refractivity (Wildman–Crippen MR) is 89.4 cm³/mol. The fraction of sp³-hybridized carbons (Fsp3) is 0.333. The molecule has 118 valence electrons. The second-order valence-electron chi connectivity index (χ2n) is 6.35. The maximum atomic E-state index is 6.08. The number of aromatic nitrogens is 3. The molecule has 0 spiro atoms.